The molecule has 1 heterocycles. The number of amides is 1. The van der Waals surface area contributed by atoms with Crippen LogP contribution in [-0.4, -0.2) is 22.0 Å². The van der Waals surface area contributed by atoms with Gasteiger partial charge < -0.3 is 9.88 Å². The zero-order valence-corrected chi connectivity index (χ0v) is 17.0. The molecule has 3 aromatic rings. The zero-order valence-electron chi connectivity index (χ0n) is 15.4. The SMILES string of the molecule is CC(C)(C)C(=O)NCCc1nc2ccccc2n1Cc1ccc(Br)cc1. The predicted molar refractivity (Wildman–Crippen MR) is 109 cm³/mol. The lowest BCUT2D eigenvalue weighted by Crippen LogP contribution is -2.36. The number of fused-ring (bicyclic) bond motifs is 1. The van der Waals surface area contributed by atoms with Gasteiger partial charge in [-0.1, -0.05) is 61.0 Å². The fourth-order valence-electron chi connectivity index (χ4n) is 2.82. The molecule has 0 spiro atoms. The third-order valence-corrected chi connectivity index (χ3v) is 4.83. The van der Waals surface area contributed by atoms with Crippen molar-refractivity contribution in [3.63, 3.8) is 0 Å². The molecule has 4 nitrogen and oxygen atoms in total. The van der Waals surface area contributed by atoms with Gasteiger partial charge in [-0.3, -0.25) is 4.79 Å². The number of hydrogen-bond donors (Lipinski definition) is 1. The third-order valence-electron chi connectivity index (χ3n) is 4.30. The number of nitrogens with one attached hydrogen (secondary N) is 1. The number of imidazole rings is 1. The Morgan fingerprint density at radius 2 is 1.81 bits per heavy atom. The van der Waals surface area contributed by atoms with E-state index in [1.807, 2.05) is 39.0 Å². The van der Waals surface area contributed by atoms with Crippen molar-refractivity contribution < 1.29 is 4.79 Å². The molecule has 136 valence electrons. The van der Waals surface area contributed by atoms with Crippen LogP contribution in [0.5, 0.6) is 0 Å². The number of halogens is 1. The van der Waals surface area contributed by atoms with Crippen LogP contribution in [0.25, 0.3) is 11.0 Å². The van der Waals surface area contributed by atoms with Crippen molar-refractivity contribution in [2.45, 2.75) is 33.7 Å². The molecule has 5 heteroatoms. The second kappa shape index (κ2) is 7.62. The average Bonchev–Trinajstić information content (AvgIpc) is 2.94. The van der Waals surface area contributed by atoms with Crippen molar-refractivity contribution in [2.75, 3.05) is 6.54 Å². The number of rotatable bonds is 5. The maximum Gasteiger partial charge on any atom is 0.225 e. The van der Waals surface area contributed by atoms with E-state index in [9.17, 15) is 4.79 Å². The van der Waals surface area contributed by atoms with Gasteiger partial charge in [-0.25, -0.2) is 4.98 Å². The summed E-state index contributed by atoms with van der Waals surface area (Å²) in [6.45, 7) is 7.11. The normalized spacial score (nSPS) is 11.7. The lowest BCUT2D eigenvalue weighted by atomic mass is 9.96. The van der Waals surface area contributed by atoms with Crippen LogP contribution < -0.4 is 5.32 Å². The lowest BCUT2D eigenvalue weighted by molar-refractivity contribution is -0.128. The molecule has 0 saturated heterocycles. The molecule has 1 N–H and O–H groups in total. The van der Waals surface area contributed by atoms with E-state index in [0.717, 1.165) is 27.9 Å². The fraction of sp³-hybridized carbons (Fsp3) is 0.333. The Morgan fingerprint density at radius 3 is 2.50 bits per heavy atom. The van der Waals surface area contributed by atoms with Crippen LogP contribution in [0.2, 0.25) is 0 Å². The zero-order chi connectivity index (χ0) is 18.7. The molecule has 0 aliphatic rings. The van der Waals surface area contributed by atoms with Crippen molar-refractivity contribution in [3.8, 4) is 0 Å². The Balaban J connectivity index is 1.82. The molecule has 1 aromatic heterocycles. The van der Waals surface area contributed by atoms with Gasteiger partial charge in [0.05, 0.1) is 11.0 Å². The standard InChI is InChI=1S/C21H24BrN3O/c1-21(2,3)20(26)23-13-12-19-24-17-6-4-5-7-18(17)25(19)14-15-8-10-16(22)11-9-15/h4-11H,12-14H2,1-3H3,(H,23,26). The second-order valence-corrected chi connectivity index (χ2v) is 8.40. The third kappa shape index (κ3) is 4.33. The Hall–Kier alpha value is -2.14. The van der Waals surface area contributed by atoms with Gasteiger partial charge in [0.15, 0.2) is 0 Å². The minimum Gasteiger partial charge on any atom is -0.355 e. The summed E-state index contributed by atoms with van der Waals surface area (Å²) in [7, 11) is 0. The first kappa shape index (κ1) is 18.6. The summed E-state index contributed by atoms with van der Waals surface area (Å²) in [5.41, 5.74) is 2.95. The van der Waals surface area contributed by atoms with E-state index in [4.69, 9.17) is 4.98 Å². The van der Waals surface area contributed by atoms with Gasteiger partial charge in [-0.2, -0.15) is 0 Å². The van der Waals surface area contributed by atoms with Crippen molar-refractivity contribution in [1.82, 2.24) is 14.9 Å². The molecule has 0 unspecified atom stereocenters. The first-order valence-corrected chi connectivity index (χ1v) is 9.61. The molecule has 0 saturated carbocycles. The van der Waals surface area contributed by atoms with E-state index in [2.05, 4.69) is 56.1 Å². The summed E-state index contributed by atoms with van der Waals surface area (Å²) in [6, 6.07) is 16.5. The first-order valence-electron chi connectivity index (χ1n) is 8.81. The summed E-state index contributed by atoms with van der Waals surface area (Å²) < 4.78 is 3.31. The van der Waals surface area contributed by atoms with Crippen LogP contribution in [0.15, 0.2) is 53.0 Å². The van der Waals surface area contributed by atoms with Crippen molar-refractivity contribution >= 4 is 32.9 Å². The van der Waals surface area contributed by atoms with Crippen molar-refractivity contribution in [2.24, 2.45) is 5.41 Å². The van der Waals surface area contributed by atoms with Crippen LogP contribution in [0.1, 0.15) is 32.2 Å². The molecule has 1 amide bonds. The summed E-state index contributed by atoms with van der Waals surface area (Å²) in [6.07, 6.45) is 0.701. The molecule has 0 aliphatic heterocycles. The number of benzene rings is 2. The quantitative estimate of drug-likeness (QED) is 0.666. The second-order valence-electron chi connectivity index (χ2n) is 7.49. The fourth-order valence-corrected chi connectivity index (χ4v) is 3.08. The van der Waals surface area contributed by atoms with Crippen molar-refractivity contribution in [3.05, 3.63) is 64.4 Å². The van der Waals surface area contributed by atoms with Gasteiger partial charge in [0, 0.05) is 29.4 Å². The van der Waals surface area contributed by atoms with Gasteiger partial charge in [0.25, 0.3) is 0 Å². The highest BCUT2D eigenvalue weighted by Crippen LogP contribution is 2.20. The van der Waals surface area contributed by atoms with E-state index in [-0.39, 0.29) is 11.3 Å². The molecule has 2 aromatic carbocycles. The first-order chi connectivity index (χ1) is 12.3. The molecule has 0 aliphatic carbocycles. The summed E-state index contributed by atoms with van der Waals surface area (Å²) >= 11 is 3.48. The molecule has 3 rings (SSSR count). The predicted octanol–water partition coefficient (Wildman–Crippen LogP) is 4.55. The molecular weight excluding hydrogens is 390 g/mol. The summed E-state index contributed by atoms with van der Waals surface area (Å²) in [4.78, 5) is 16.9. The smallest absolute Gasteiger partial charge is 0.225 e. The lowest BCUT2D eigenvalue weighted by Gasteiger charge is -2.17. The topological polar surface area (TPSA) is 46.9 Å². The number of para-hydroxylation sites is 2. The van der Waals surface area contributed by atoms with E-state index in [1.165, 1.54) is 5.56 Å². The monoisotopic (exact) mass is 413 g/mol. The highest BCUT2D eigenvalue weighted by atomic mass is 79.9. The number of carbonyl (C=O) groups is 1. The van der Waals surface area contributed by atoms with Gasteiger partial charge in [-0.15, -0.1) is 0 Å². The van der Waals surface area contributed by atoms with E-state index in [0.29, 0.717) is 13.0 Å². The summed E-state index contributed by atoms with van der Waals surface area (Å²) in [5, 5.41) is 3.02. The molecule has 26 heavy (non-hydrogen) atoms. The minimum absolute atomic E-state index is 0.0630. The largest absolute Gasteiger partial charge is 0.355 e. The van der Waals surface area contributed by atoms with Gasteiger partial charge >= 0.3 is 0 Å². The maximum absolute atomic E-state index is 12.1. The Labute approximate surface area is 162 Å². The van der Waals surface area contributed by atoms with Crippen LogP contribution in [0, 0.1) is 5.41 Å². The Kier molecular flexibility index (Phi) is 5.47. The van der Waals surface area contributed by atoms with Gasteiger partial charge in [0.1, 0.15) is 5.82 Å². The molecule has 0 fully saturated rings. The van der Waals surface area contributed by atoms with Crippen molar-refractivity contribution in [1.29, 1.82) is 0 Å². The number of carbonyl (C=O) groups excluding carboxylic acids is 1. The minimum atomic E-state index is -0.377. The highest BCUT2D eigenvalue weighted by molar-refractivity contribution is 9.10. The van der Waals surface area contributed by atoms with Gasteiger partial charge in [0.2, 0.25) is 5.91 Å². The van der Waals surface area contributed by atoms with E-state index in [1.54, 1.807) is 0 Å². The number of nitrogens with zero attached hydrogens (tertiary/aromatic N) is 2. The van der Waals surface area contributed by atoms with Crippen LogP contribution >= 0.6 is 15.9 Å². The molecule has 0 atom stereocenters. The molecule has 0 bridgehead atoms. The van der Waals surface area contributed by atoms with E-state index >= 15 is 0 Å². The average molecular weight is 414 g/mol. The maximum atomic E-state index is 12.1. The van der Waals surface area contributed by atoms with Gasteiger partial charge in [-0.05, 0) is 29.8 Å². The molecular formula is C21H24BrN3O. The van der Waals surface area contributed by atoms with Crippen LogP contribution in [0.4, 0.5) is 0 Å². The summed E-state index contributed by atoms with van der Waals surface area (Å²) in [5.74, 6) is 1.05. The Bertz CT molecular complexity index is 907. The molecule has 0 radical (unpaired) electrons. The number of aromatic nitrogens is 2. The van der Waals surface area contributed by atoms with E-state index < -0.39 is 0 Å². The van der Waals surface area contributed by atoms with Crippen LogP contribution in [0.3, 0.4) is 0 Å². The Morgan fingerprint density at radius 1 is 1.12 bits per heavy atom. The van der Waals surface area contributed by atoms with Crippen LogP contribution in [-0.2, 0) is 17.8 Å². The number of hydrogen-bond acceptors (Lipinski definition) is 2. The highest BCUT2D eigenvalue weighted by Gasteiger charge is 2.20.